The number of methoxy groups -OCH3 is 1. The summed E-state index contributed by atoms with van der Waals surface area (Å²) >= 11 is 0. The Bertz CT molecular complexity index is 1400. The van der Waals surface area contributed by atoms with E-state index in [1.165, 1.54) is 44.3 Å². The van der Waals surface area contributed by atoms with Crippen LogP contribution in [0.3, 0.4) is 0 Å². The molecule has 0 aliphatic carbocycles. The molecule has 1 N–H and O–H groups in total. The molecule has 1 atom stereocenters. The van der Waals surface area contributed by atoms with Gasteiger partial charge in [-0.15, -0.1) is 0 Å². The summed E-state index contributed by atoms with van der Waals surface area (Å²) in [6.07, 6.45) is 0.183. The number of nitrogens with one attached hydrogen (secondary N) is 1. The molecule has 3 aromatic carbocycles. The first kappa shape index (κ1) is 30.6. The molecule has 3 aromatic rings. The van der Waals surface area contributed by atoms with Gasteiger partial charge >= 0.3 is 10.2 Å². The first-order valence-electron chi connectivity index (χ1n) is 12.8. The van der Waals surface area contributed by atoms with Gasteiger partial charge in [-0.2, -0.15) is 12.7 Å². The van der Waals surface area contributed by atoms with Crippen molar-refractivity contribution in [3.05, 3.63) is 95.8 Å². The van der Waals surface area contributed by atoms with E-state index in [-0.39, 0.29) is 18.7 Å². The van der Waals surface area contributed by atoms with Crippen LogP contribution < -0.4 is 14.4 Å². The van der Waals surface area contributed by atoms with Crippen LogP contribution in [0.15, 0.2) is 78.9 Å². The first-order valence-corrected chi connectivity index (χ1v) is 14.2. The number of anilines is 1. The Morgan fingerprint density at radius 1 is 0.950 bits per heavy atom. The van der Waals surface area contributed by atoms with Crippen molar-refractivity contribution in [1.29, 1.82) is 0 Å². The first-order chi connectivity index (χ1) is 19.1. The maximum absolute atomic E-state index is 14.9. The van der Waals surface area contributed by atoms with Gasteiger partial charge in [-0.3, -0.25) is 9.59 Å². The van der Waals surface area contributed by atoms with Crippen molar-refractivity contribution in [3.63, 3.8) is 0 Å². The van der Waals surface area contributed by atoms with Crippen LogP contribution in [0, 0.1) is 5.82 Å². The summed E-state index contributed by atoms with van der Waals surface area (Å²) in [6, 6.07) is 20.6. The van der Waals surface area contributed by atoms with Crippen molar-refractivity contribution >= 4 is 27.7 Å². The zero-order valence-corrected chi connectivity index (χ0v) is 23.9. The monoisotopic (exact) mass is 570 g/mol. The highest BCUT2D eigenvalue weighted by Gasteiger charge is 2.35. The number of benzene rings is 3. The zero-order valence-electron chi connectivity index (χ0n) is 23.1. The van der Waals surface area contributed by atoms with Gasteiger partial charge in [0, 0.05) is 33.6 Å². The Kier molecular flexibility index (Phi) is 10.6. The number of nitrogens with zero attached hydrogens (tertiary/aromatic N) is 3. The molecule has 9 nitrogen and oxygen atoms in total. The maximum Gasteiger partial charge on any atom is 0.304 e. The number of ether oxygens (including phenoxy) is 1. The minimum Gasteiger partial charge on any atom is -0.497 e. The number of para-hydroxylation sites is 1. The van der Waals surface area contributed by atoms with Crippen molar-refractivity contribution in [1.82, 2.24) is 14.5 Å². The molecule has 0 heterocycles. The highest BCUT2D eigenvalue weighted by molar-refractivity contribution is 7.90. The fraction of sp³-hybridized carbons (Fsp3) is 0.310. The SMILES string of the molecule is CCNC(=O)C(Cc1ccccc1)N(Cc1cccc(OC)c1)C(=O)CN(c1ccccc1F)S(=O)(=O)N(C)C. The predicted molar refractivity (Wildman–Crippen MR) is 153 cm³/mol. The van der Waals surface area contributed by atoms with Crippen LogP contribution in [0.25, 0.3) is 0 Å². The molecule has 0 aliphatic heterocycles. The Labute approximate surface area is 235 Å². The average molecular weight is 571 g/mol. The highest BCUT2D eigenvalue weighted by Crippen LogP contribution is 2.25. The van der Waals surface area contributed by atoms with Gasteiger partial charge in [0.05, 0.1) is 12.8 Å². The molecule has 0 bridgehead atoms. The summed E-state index contributed by atoms with van der Waals surface area (Å²) < 4.78 is 48.4. The van der Waals surface area contributed by atoms with E-state index in [0.717, 1.165) is 20.2 Å². The standard InChI is InChI=1S/C29H35FN4O5S/c1-5-31-29(36)27(19-22-12-7-6-8-13-22)33(20-23-14-11-15-24(18-23)39-4)28(35)21-34(40(37,38)32(2)3)26-17-10-9-16-25(26)30/h6-18,27H,5,19-21H2,1-4H3,(H,31,36). The average Bonchev–Trinajstić information content (AvgIpc) is 2.94. The lowest BCUT2D eigenvalue weighted by molar-refractivity contribution is -0.140. The van der Waals surface area contributed by atoms with Gasteiger partial charge in [-0.25, -0.2) is 8.70 Å². The molecule has 0 radical (unpaired) electrons. The molecule has 0 saturated heterocycles. The van der Waals surface area contributed by atoms with E-state index in [4.69, 9.17) is 4.74 Å². The number of likely N-dealkylation sites (N-methyl/N-ethyl adjacent to an activating group) is 1. The number of hydrogen-bond donors (Lipinski definition) is 1. The number of halogens is 1. The Morgan fingerprint density at radius 2 is 1.60 bits per heavy atom. The van der Waals surface area contributed by atoms with Crippen LogP contribution >= 0.6 is 0 Å². The van der Waals surface area contributed by atoms with Gasteiger partial charge in [-0.1, -0.05) is 54.6 Å². The molecule has 40 heavy (non-hydrogen) atoms. The molecule has 2 amide bonds. The second-order valence-corrected chi connectivity index (χ2v) is 11.3. The molecule has 0 saturated carbocycles. The quantitative estimate of drug-likeness (QED) is 0.340. The van der Waals surface area contributed by atoms with Crippen molar-refractivity contribution in [3.8, 4) is 5.75 Å². The van der Waals surface area contributed by atoms with Crippen molar-refractivity contribution in [2.24, 2.45) is 0 Å². The lowest BCUT2D eigenvalue weighted by Gasteiger charge is -2.34. The van der Waals surface area contributed by atoms with Gasteiger partial charge in [0.1, 0.15) is 24.2 Å². The molecule has 11 heteroatoms. The zero-order chi connectivity index (χ0) is 29.3. The van der Waals surface area contributed by atoms with Crippen molar-refractivity contribution in [2.75, 3.05) is 38.6 Å². The fourth-order valence-electron chi connectivity index (χ4n) is 4.17. The summed E-state index contributed by atoms with van der Waals surface area (Å²) in [5, 5.41) is 2.79. The van der Waals surface area contributed by atoms with E-state index in [2.05, 4.69) is 5.32 Å². The molecule has 1 unspecified atom stereocenters. The molecule has 3 rings (SSSR count). The van der Waals surface area contributed by atoms with Crippen molar-refractivity contribution < 1.29 is 27.1 Å². The summed E-state index contributed by atoms with van der Waals surface area (Å²) in [5.41, 5.74) is 1.21. The number of hydrogen-bond acceptors (Lipinski definition) is 5. The summed E-state index contributed by atoms with van der Waals surface area (Å²) in [7, 11) is -0.162. The second kappa shape index (κ2) is 13.9. The van der Waals surface area contributed by atoms with Gasteiger partial charge in [0.2, 0.25) is 11.8 Å². The number of carbonyl (C=O) groups excluding carboxylic acids is 2. The van der Waals surface area contributed by atoms with E-state index in [9.17, 15) is 22.4 Å². The minimum atomic E-state index is -4.28. The van der Waals surface area contributed by atoms with Crippen LogP contribution in [-0.2, 0) is 32.8 Å². The fourth-order valence-corrected chi connectivity index (χ4v) is 5.23. The van der Waals surface area contributed by atoms with Crippen molar-refractivity contribution in [2.45, 2.75) is 25.9 Å². The molecular formula is C29H35FN4O5S. The van der Waals surface area contributed by atoms with E-state index in [0.29, 0.717) is 17.9 Å². The second-order valence-electron chi connectivity index (χ2n) is 9.22. The van der Waals surface area contributed by atoms with E-state index < -0.39 is 40.4 Å². The summed E-state index contributed by atoms with van der Waals surface area (Å²) in [5.74, 6) is -1.31. The molecule has 0 aliphatic rings. The third-order valence-corrected chi connectivity index (χ3v) is 8.05. The van der Waals surface area contributed by atoms with Gasteiger partial charge < -0.3 is 15.0 Å². The maximum atomic E-state index is 14.9. The lowest BCUT2D eigenvalue weighted by Crippen LogP contribution is -2.54. The molecule has 0 fully saturated rings. The van der Waals surface area contributed by atoms with E-state index >= 15 is 0 Å². The minimum absolute atomic E-state index is 0.0161. The van der Waals surface area contributed by atoms with Crippen LogP contribution in [0.2, 0.25) is 0 Å². The normalized spacial score (nSPS) is 12.1. The Balaban J connectivity index is 2.10. The lowest BCUT2D eigenvalue weighted by atomic mass is 10.0. The third kappa shape index (κ3) is 7.57. The summed E-state index contributed by atoms with van der Waals surface area (Å²) in [6.45, 7) is 1.37. The van der Waals surface area contributed by atoms with Gasteiger partial charge in [0.25, 0.3) is 0 Å². The van der Waals surface area contributed by atoms with E-state index in [1.54, 1.807) is 31.2 Å². The van der Waals surface area contributed by atoms with Gasteiger partial charge in [-0.05, 0) is 42.3 Å². The number of carbonyl (C=O) groups is 2. The molecule has 0 spiro atoms. The highest BCUT2D eigenvalue weighted by atomic mass is 32.2. The topological polar surface area (TPSA) is 99.3 Å². The summed E-state index contributed by atoms with van der Waals surface area (Å²) in [4.78, 5) is 28.8. The molecule has 214 valence electrons. The largest absolute Gasteiger partial charge is 0.497 e. The third-order valence-electron chi connectivity index (χ3n) is 6.25. The van der Waals surface area contributed by atoms with Crippen LogP contribution in [-0.4, -0.2) is 69.8 Å². The Morgan fingerprint density at radius 3 is 2.23 bits per heavy atom. The van der Waals surface area contributed by atoms with E-state index in [1.807, 2.05) is 30.3 Å². The Hall–Kier alpha value is -3.96. The number of amides is 2. The van der Waals surface area contributed by atoms with Gasteiger partial charge in [0.15, 0.2) is 0 Å². The predicted octanol–water partition coefficient (Wildman–Crippen LogP) is 3.22. The molecule has 0 aromatic heterocycles. The molecular weight excluding hydrogens is 535 g/mol. The number of rotatable bonds is 13. The van der Waals surface area contributed by atoms with Crippen LogP contribution in [0.1, 0.15) is 18.1 Å². The van der Waals surface area contributed by atoms with Crippen LogP contribution in [0.5, 0.6) is 5.75 Å². The smallest absolute Gasteiger partial charge is 0.304 e. The van der Waals surface area contributed by atoms with Crippen LogP contribution in [0.4, 0.5) is 10.1 Å².